The van der Waals surface area contributed by atoms with Gasteiger partial charge in [-0.1, -0.05) is 85.6 Å². The minimum atomic E-state index is -0.881. The molecule has 6 heteroatoms. The van der Waals surface area contributed by atoms with Gasteiger partial charge >= 0.3 is 11.9 Å². The summed E-state index contributed by atoms with van der Waals surface area (Å²) < 4.78 is 0. The Hall–Kier alpha value is -3.02. The molecule has 0 heterocycles. The van der Waals surface area contributed by atoms with Crippen LogP contribution in [0.2, 0.25) is 0 Å². The molecule has 0 saturated heterocycles. The maximum absolute atomic E-state index is 11.5. The Morgan fingerprint density at radius 1 is 0.730 bits per heavy atom. The van der Waals surface area contributed by atoms with Gasteiger partial charge in [-0.05, 0) is 52.3 Å². The van der Waals surface area contributed by atoms with Crippen LogP contribution in [0.1, 0.15) is 120 Å². The number of aryl methyl sites for hydroxylation is 2. The van der Waals surface area contributed by atoms with E-state index in [-0.39, 0.29) is 41.1 Å². The van der Waals surface area contributed by atoms with E-state index in [1.807, 2.05) is 65.8 Å². The lowest BCUT2D eigenvalue weighted by Crippen LogP contribution is -2.16. The summed E-state index contributed by atoms with van der Waals surface area (Å²) in [6, 6.07) is 7.55. The minimum absolute atomic E-state index is 0.0163. The summed E-state index contributed by atoms with van der Waals surface area (Å²) in [5.74, 6) is -1.77. The van der Waals surface area contributed by atoms with E-state index in [0.29, 0.717) is 30.4 Å². The molecule has 37 heavy (non-hydrogen) atoms. The average Bonchev–Trinajstić information content (AvgIpc) is 2.77. The molecule has 0 fully saturated rings. The van der Waals surface area contributed by atoms with Crippen LogP contribution in [-0.2, 0) is 33.3 Å². The molecule has 0 aromatic heterocycles. The Morgan fingerprint density at radius 3 is 1.41 bits per heavy atom. The van der Waals surface area contributed by atoms with E-state index in [1.165, 1.54) is 0 Å². The highest BCUT2D eigenvalue weighted by Crippen LogP contribution is 2.46. The van der Waals surface area contributed by atoms with Gasteiger partial charge in [0.05, 0.1) is 0 Å². The Kier molecular flexibility index (Phi) is 9.81. The smallest absolute Gasteiger partial charge is 0.303 e. The fourth-order valence-corrected chi connectivity index (χ4v) is 4.79. The van der Waals surface area contributed by atoms with Gasteiger partial charge in [-0.2, -0.15) is 0 Å². The van der Waals surface area contributed by atoms with Crippen LogP contribution in [0, 0.1) is 0 Å². The molecule has 6 nitrogen and oxygen atoms in total. The number of unbranched alkanes of at least 4 members (excludes halogenated alkanes) is 1. The fraction of sp³-hybridized carbons (Fsp3) is 0.548. The summed E-state index contributed by atoms with van der Waals surface area (Å²) in [5.41, 5.74) is 3.73. The molecule has 0 aliphatic rings. The van der Waals surface area contributed by atoms with E-state index >= 15 is 0 Å². The molecule has 0 radical (unpaired) electrons. The number of rotatable bonds is 11. The zero-order valence-electron chi connectivity index (χ0n) is 23.4. The van der Waals surface area contributed by atoms with Gasteiger partial charge < -0.3 is 20.4 Å². The maximum atomic E-state index is 11.5. The predicted molar refractivity (Wildman–Crippen MR) is 147 cm³/mol. The van der Waals surface area contributed by atoms with Crippen LogP contribution in [0.3, 0.4) is 0 Å². The number of phenolic OH excluding ortho intramolecular Hbond substituents is 2. The maximum Gasteiger partial charge on any atom is 0.303 e. The highest BCUT2D eigenvalue weighted by atomic mass is 16.4. The van der Waals surface area contributed by atoms with E-state index < -0.39 is 11.9 Å². The summed E-state index contributed by atoms with van der Waals surface area (Å²) in [7, 11) is 0. The van der Waals surface area contributed by atoms with Gasteiger partial charge in [0, 0.05) is 29.9 Å². The highest BCUT2D eigenvalue weighted by molar-refractivity contribution is 5.68. The second kappa shape index (κ2) is 12.0. The average molecular weight is 513 g/mol. The quantitative estimate of drug-likeness (QED) is 0.256. The third kappa shape index (κ3) is 7.98. The molecule has 2 aromatic rings. The van der Waals surface area contributed by atoms with E-state index in [1.54, 1.807) is 0 Å². The molecule has 0 spiro atoms. The van der Waals surface area contributed by atoms with Crippen LogP contribution in [0.25, 0.3) is 0 Å². The molecule has 4 N–H and O–H groups in total. The number of benzene rings is 2. The highest BCUT2D eigenvalue weighted by Gasteiger charge is 2.30. The topological polar surface area (TPSA) is 115 Å². The van der Waals surface area contributed by atoms with E-state index in [9.17, 15) is 30.0 Å². The summed E-state index contributed by atoms with van der Waals surface area (Å²) in [6.45, 7) is 14.1. The molecule has 0 amide bonds. The SMILES string of the molecule is CCCCC(c1cc(CCC(=O)O)cc(C(C)(C)C)c1O)c1cc(CCC(=O)O)cc(C(C)(C)C)c1O. The normalized spacial score (nSPS) is 12.2. The standard InChI is InChI=1S/C31H44O6/c1-8-9-10-21(22-15-19(11-13-26(32)33)17-24(28(22)36)30(2,3)4)23-16-20(12-14-27(34)35)18-25(29(23)37)31(5,6)7/h15-18,21,36-37H,8-14H2,1-7H3,(H,32,33)(H,34,35). The molecule has 0 unspecified atom stereocenters. The first-order valence-electron chi connectivity index (χ1n) is 13.2. The van der Waals surface area contributed by atoms with Crippen molar-refractivity contribution in [1.82, 2.24) is 0 Å². The lowest BCUT2D eigenvalue weighted by atomic mass is 9.76. The van der Waals surface area contributed by atoms with Crippen LogP contribution in [0.4, 0.5) is 0 Å². The molecule has 0 saturated carbocycles. The zero-order chi connectivity index (χ0) is 28.1. The molecule has 0 aliphatic heterocycles. The summed E-state index contributed by atoms with van der Waals surface area (Å²) >= 11 is 0. The van der Waals surface area contributed by atoms with Gasteiger partial charge in [0.1, 0.15) is 11.5 Å². The van der Waals surface area contributed by atoms with E-state index in [0.717, 1.165) is 35.1 Å². The van der Waals surface area contributed by atoms with Crippen molar-refractivity contribution in [1.29, 1.82) is 0 Å². The van der Waals surface area contributed by atoms with Crippen molar-refractivity contribution in [2.45, 2.75) is 110 Å². The molecular formula is C31H44O6. The lowest BCUT2D eigenvalue weighted by molar-refractivity contribution is -0.138. The number of aromatic hydroxyl groups is 2. The van der Waals surface area contributed by atoms with Crippen LogP contribution in [-0.4, -0.2) is 32.4 Å². The molecule has 0 aliphatic carbocycles. The van der Waals surface area contributed by atoms with Gasteiger partial charge in [0.2, 0.25) is 0 Å². The first-order valence-corrected chi connectivity index (χ1v) is 13.2. The Labute approximate surface area is 221 Å². The third-order valence-electron chi connectivity index (χ3n) is 6.87. The molecule has 204 valence electrons. The first kappa shape index (κ1) is 30.2. The van der Waals surface area contributed by atoms with Crippen molar-refractivity contribution < 1.29 is 30.0 Å². The van der Waals surface area contributed by atoms with Crippen LogP contribution >= 0.6 is 0 Å². The van der Waals surface area contributed by atoms with Gasteiger partial charge in [0.25, 0.3) is 0 Å². The number of carboxylic acids is 2. The Balaban J connectivity index is 2.85. The number of carboxylic acid groups (broad SMARTS) is 2. The number of hydrogen-bond donors (Lipinski definition) is 4. The van der Waals surface area contributed by atoms with Crippen LogP contribution in [0.5, 0.6) is 11.5 Å². The molecule has 0 bridgehead atoms. The molecular weight excluding hydrogens is 468 g/mol. The van der Waals surface area contributed by atoms with Crippen molar-refractivity contribution in [3.63, 3.8) is 0 Å². The second-order valence-corrected chi connectivity index (χ2v) is 12.1. The largest absolute Gasteiger partial charge is 0.507 e. The van der Waals surface area contributed by atoms with Gasteiger partial charge in [-0.15, -0.1) is 0 Å². The third-order valence-corrected chi connectivity index (χ3v) is 6.87. The summed E-state index contributed by atoms with van der Waals surface area (Å²) in [6.07, 6.45) is 3.10. The van der Waals surface area contributed by atoms with Gasteiger partial charge in [-0.3, -0.25) is 9.59 Å². The number of carbonyl (C=O) groups is 2. The van der Waals surface area contributed by atoms with Crippen molar-refractivity contribution in [3.8, 4) is 11.5 Å². The number of phenols is 2. The summed E-state index contributed by atoms with van der Waals surface area (Å²) in [4.78, 5) is 22.6. The summed E-state index contributed by atoms with van der Waals surface area (Å²) in [5, 5.41) is 41.6. The zero-order valence-corrected chi connectivity index (χ0v) is 23.4. The Morgan fingerprint density at radius 2 is 1.11 bits per heavy atom. The van der Waals surface area contributed by atoms with Crippen LogP contribution in [0.15, 0.2) is 24.3 Å². The number of hydrogen-bond acceptors (Lipinski definition) is 4. The predicted octanol–water partition coefficient (Wildman–Crippen LogP) is 7.05. The van der Waals surface area contributed by atoms with Crippen molar-refractivity contribution in [2.24, 2.45) is 0 Å². The van der Waals surface area contributed by atoms with Gasteiger partial charge in [-0.25, -0.2) is 0 Å². The van der Waals surface area contributed by atoms with E-state index in [4.69, 9.17) is 0 Å². The molecule has 2 aromatic carbocycles. The lowest BCUT2D eigenvalue weighted by Gasteiger charge is -2.29. The molecule has 2 rings (SSSR count). The van der Waals surface area contributed by atoms with Crippen molar-refractivity contribution >= 4 is 11.9 Å². The Bertz CT molecular complexity index is 1030. The minimum Gasteiger partial charge on any atom is -0.507 e. The van der Waals surface area contributed by atoms with Crippen molar-refractivity contribution in [3.05, 3.63) is 57.6 Å². The van der Waals surface area contributed by atoms with Gasteiger partial charge in [0.15, 0.2) is 0 Å². The number of aliphatic carboxylic acids is 2. The molecule has 0 atom stereocenters. The first-order chi connectivity index (χ1) is 17.1. The second-order valence-electron chi connectivity index (χ2n) is 12.1. The van der Waals surface area contributed by atoms with Crippen molar-refractivity contribution in [2.75, 3.05) is 0 Å². The fourth-order valence-electron chi connectivity index (χ4n) is 4.79. The van der Waals surface area contributed by atoms with Crippen LogP contribution < -0.4 is 0 Å². The van der Waals surface area contributed by atoms with E-state index in [2.05, 4.69) is 6.92 Å². The monoisotopic (exact) mass is 512 g/mol.